The molecule has 6 nitrogen and oxygen atoms in total. The molecule has 1 unspecified atom stereocenters. The van der Waals surface area contributed by atoms with Gasteiger partial charge in [0.1, 0.15) is 10.3 Å². The third kappa shape index (κ3) is 3.87. The Morgan fingerprint density at radius 3 is 2.82 bits per heavy atom. The number of rotatable bonds is 7. The lowest BCUT2D eigenvalue weighted by Gasteiger charge is -2.22. The Labute approximate surface area is 135 Å². The highest BCUT2D eigenvalue weighted by atomic mass is 32.2. The second-order valence-corrected chi connectivity index (χ2v) is 8.79. The highest BCUT2D eigenvalue weighted by Gasteiger charge is 2.39. The number of carbonyl (C=O) groups excluding carboxylic acids is 1. The van der Waals surface area contributed by atoms with Crippen LogP contribution in [0.25, 0.3) is 0 Å². The van der Waals surface area contributed by atoms with E-state index in [4.69, 9.17) is 0 Å². The fraction of sp³-hybridized carbons (Fsp3) is 0.643. The number of nitrogens with zero attached hydrogens (tertiary/aromatic N) is 1. The van der Waals surface area contributed by atoms with E-state index in [1.54, 1.807) is 12.1 Å². The number of thiophene rings is 1. The van der Waals surface area contributed by atoms with Gasteiger partial charge in [-0.1, -0.05) is 0 Å². The second kappa shape index (κ2) is 7.54. The Balaban J connectivity index is 2.05. The molecule has 22 heavy (non-hydrogen) atoms. The number of sulfonamides is 1. The largest absolute Gasteiger partial charge is 0.355 e. The normalized spacial score (nSPS) is 19.5. The molecule has 8 heteroatoms. The molecule has 0 aromatic carbocycles. The summed E-state index contributed by atoms with van der Waals surface area (Å²) < 4.78 is 27.0. The molecule has 1 aromatic rings. The van der Waals surface area contributed by atoms with Crippen LogP contribution in [0.4, 0.5) is 0 Å². The standard InChI is InChI=1S/C14H23N3O3S2/c1-11-6-7-13(21-11)22(19,20)17-10-3-5-12(17)14(18)16-9-4-8-15-2/h6-7,12,15H,3-5,8-10H2,1-2H3,(H,16,18). The minimum atomic E-state index is -3.57. The average Bonchev–Trinajstić information content (AvgIpc) is 3.12. The van der Waals surface area contributed by atoms with Gasteiger partial charge in [-0.2, -0.15) is 4.31 Å². The molecule has 0 radical (unpaired) electrons. The van der Waals surface area contributed by atoms with Gasteiger partial charge in [-0.3, -0.25) is 4.79 Å². The fourth-order valence-corrected chi connectivity index (χ4v) is 5.62. The van der Waals surface area contributed by atoms with Crippen molar-refractivity contribution in [2.45, 2.75) is 36.4 Å². The Morgan fingerprint density at radius 2 is 2.18 bits per heavy atom. The summed E-state index contributed by atoms with van der Waals surface area (Å²) in [5, 5.41) is 5.85. The third-order valence-corrected chi connectivity index (χ3v) is 7.06. The van der Waals surface area contributed by atoms with Gasteiger partial charge in [0.25, 0.3) is 10.0 Å². The van der Waals surface area contributed by atoms with Gasteiger partial charge in [-0.15, -0.1) is 11.3 Å². The first kappa shape index (κ1) is 17.4. The molecule has 2 N–H and O–H groups in total. The van der Waals surface area contributed by atoms with Crippen LogP contribution in [-0.2, 0) is 14.8 Å². The van der Waals surface area contributed by atoms with Gasteiger partial charge in [-0.25, -0.2) is 8.42 Å². The summed E-state index contributed by atoms with van der Waals surface area (Å²) in [6, 6.07) is 2.83. The van der Waals surface area contributed by atoms with Gasteiger partial charge in [0.2, 0.25) is 5.91 Å². The van der Waals surface area contributed by atoms with Crippen LogP contribution >= 0.6 is 11.3 Å². The summed E-state index contributed by atoms with van der Waals surface area (Å²) in [7, 11) is -1.71. The third-order valence-electron chi connectivity index (χ3n) is 3.69. The first-order valence-electron chi connectivity index (χ1n) is 7.47. The number of carbonyl (C=O) groups is 1. The van der Waals surface area contributed by atoms with Crippen molar-refractivity contribution in [3.63, 3.8) is 0 Å². The lowest BCUT2D eigenvalue weighted by atomic mass is 10.2. The van der Waals surface area contributed by atoms with Gasteiger partial charge < -0.3 is 10.6 Å². The van der Waals surface area contributed by atoms with Gasteiger partial charge in [0, 0.05) is 18.0 Å². The lowest BCUT2D eigenvalue weighted by molar-refractivity contribution is -0.124. The van der Waals surface area contributed by atoms with Crippen LogP contribution in [0, 0.1) is 6.92 Å². The smallest absolute Gasteiger partial charge is 0.253 e. The van der Waals surface area contributed by atoms with E-state index in [0.29, 0.717) is 23.7 Å². The highest BCUT2D eigenvalue weighted by Crippen LogP contribution is 2.30. The molecule has 0 bridgehead atoms. The van der Waals surface area contributed by atoms with Gasteiger partial charge in [-0.05, 0) is 51.9 Å². The zero-order valence-corrected chi connectivity index (χ0v) is 14.6. The van der Waals surface area contributed by atoms with Gasteiger partial charge >= 0.3 is 0 Å². The second-order valence-electron chi connectivity index (χ2n) is 5.39. The SMILES string of the molecule is CNCCCNC(=O)C1CCCN1S(=O)(=O)c1ccc(C)s1. The molecule has 1 saturated heterocycles. The van der Waals surface area contributed by atoms with Crippen LogP contribution in [-0.4, -0.2) is 51.4 Å². The summed E-state index contributed by atoms with van der Waals surface area (Å²) in [4.78, 5) is 13.2. The van der Waals surface area contributed by atoms with Crippen LogP contribution in [0.3, 0.4) is 0 Å². The molecule has 1 aliphatic rings. The maximum atomic E-state index is 12.7. The van der Waals surface area contributed by atoms with Crippen molar-refractivity contribution in [3.8, 4) is 0 Å². The number of hydrogen-bond donors (Lipinski definition) is 2. The summed E-state index contributed by atoms with van der Waals surface area (Å²) in [6.07, 6.45) is 2.13. The van der Waals surface area contributed by atoms with Crippen LogP contribution in [0.15, 0.2) is 16.3 Å². The molecule has 2 heterocycles. The molecule has 124 valence electrons. The summed E-state index contributed by atoms with van der Waals surface area (Å²) >= 11 is 1.25. The maximum absolute atomic E-state index is 12.7. The molecule has 1 fully saturated rings. The quantitative estimate of drug-likeness (QED) is 0.721. The molecule has 1 aromatic heterocycles. The van der Waals surface area contributed by atoms with E-state index >= 15 is 0 Å². The van der Waals surface area contributed by atoms with Crippen molar-refractivity contribution in [1.29, 1.82) is 0 Å². The fourth-order valence-electron chi connectivity index (χ4n) is 2.55. The number of amides is 1. The molecular formula is C14H23N3O3S2. The maximum Gasteiger partial charge on any atom is 0.253 e. The molecular weight excluding hydrogens is 322 g/mol. The van der Waals surface area contributed by atoms with E-state index in [1.165, 1.54) is 15.6 Å². The molecule has 2 rings (SSSR count). The predicted octanol–water partition coefficient (Wildman–Crippen LogP) is 0.935. The zero-order chi connectivity index (χ0) is 16.2. The van der Waals surface area contributed by atoms with Crippen LogP contribution in [0.1, 0.15) is 24.1 Å². The molecule has 0 saturated carbocycles. The molecule has 1 amide bonds. The van der Waals surface area contributed by atoms with Crippen molar-refractivity contribution >= 4 is 27.3 Å². The van der Waals surface area contributed by atoms with E-state index in [9.17, 15) is 13.2 Å². The summed E-state index contributed by atoms with van der Waals surface area (Å²) in [5.74, 6) is -0.189. The van der Waals surface area contributed by atoms with Gasteiger partial charge in [0.15, 0.2) is 0 Å². The topological polar surface area (TPSA) is 78.5 Å². The summed E-state index contributed by atoms with van der Waals surface area (Å²) in [5.41, 5.74) is 0. The first-order chi connectivity index (χ1) is 10.5. The Morgan fingerprint density at radius 1 is 1.41 bits per heavy atom. The molecule has 0 spiro atoms. The van der Waals surface area contributed by atoms with Gasteiger partial charge in [0.05, 0.1) is 0 Å². The first-order valence-corrected chi connectivity index (χ1v) is 9.73. The van der Waals surface area contributed by atoms with E-state index in [1.807, 2.05) is 14.0 Å². The molecule has 1 atom stereocenters. The molecule has 1 aliphatic heterocycles. The summed E-state index contributed by atoms with van der Waals surface area (Å²) in [6.45, 7) is 3.66. The minimum absolute atomic E-state index is 0.189. The van der Waals surface area contributed by atoms with E-state index in [0.717, 1.165) is 24.3 Å². The zero-order valence-electron chi connectivity index (χ0n) is 13.0. The van der Waals surface area contributed by atoms with Crippen LogP contribution in [0.5, 0.6) is 0 Å². The molecule has 0 aliphatic carbocycles. The predicted molar refractivity (Wildman–Crippen MR) is 87.5 cm³/mol. The minimum Gasteiger partial charge on any atom is -0.355 e. The van der Waals surface area contributed by atoms with E-state index in [2.05, 4.69) is 10.6 Å². The Kier molecular flexibility index (Phi) is 5.96. The van der Waals surface area contributed by atoms with Crippen molar-refractivity contribution in [1.82, 2.24) is 14.9 Å². The van der Waals surface area contributed by atoms with Crippen molar-refractivity contribution in [3.05, 3.63) is 17.0 Å². The monoisotopic (exact) mass is 345 g/mol. The Hall–Kier alpha value is -0.960. The van der Waals surface area contributed by atoms with Crippen molar-refractivity contribution in [2.75, 3.05) is 26.7 Å². The lowest BCUT2D eigenvalue weighted by Crippen LogP contribution is -2.46. The van der Waals surface area contributed by atoms with Crippen molar-refractivity contribution < 1.29 is 13.2 Å². The number of aryl methyl sites for hydroxylation is 1. The van der Waals surface area contributed by atoms with E-state index in [-0.39, 0.29) is 5.91 Å². The van der Waals surface area contributed by atoms with Crippen molar-refractivity contribution in [2.24, 2.45) is 0 Å². The number of hydrogen-bond acceptors (Lipinski definition) is 5. The number of nitrogens with one attached hydrogen (secondary N) is 2. The van der Waals surface area contributed by atoms with Crippen LogP contribution in [0.2, 0.25) is 0 Å². The van der Waals surface area contributed by atoms with Crippen LogP contribution < -0.4 is 10.6 Å². The average molecular weight is 345 g/mol. The van der Waals surface area contributed by atoms with E-state index < -0.39 is 16.1 Å². The highest BCUT2D eigenvalue weighted by molar-refractivity contribution is 7.91. The Bertz CT molecular complexity index is 613.